The minimum absolute atomic E-state index is 0.200. The Kier molecular flexibility index (Phi) is 6.55. The van der Waals surface area contributed by atoms with E-state index in [1.54, 1.807) is 24.3 Å². The first kappa shape index (κ1) is 19.4. The third kappa shape index (κ3) is 5.54. The Bertz CT molecular complexity index is 715. The quantitative estimate of drug-likeness (QED) is 0.774. The third-order valence-corrected chi connectivity index (χ3v) is 5.32. The SMILES string of the molecule is CCCOC(=O)c1ccc(NC(=O)C2CCCN(S(C)(=O)=O)C2)cc1. The third-order valence-electron chi connectivity index (χ3n) is 4.05. The first-order chi connectivity index (χ1) is 11.8. The molecular formula is C17H24N2O5S. The highest BCUT2D eigenvalue weighted by atomic mass is 32.2. The van der Waals surface area contributed by atoms with Crippen molar-refractivity contribution in [1.29, 1.82) is 0 Å². The minimum Gasteiger partial charge on any atom is -0.462 e. The molecule has 7 nitrogen and oxygen atoms in total. The summed E-state index contributed by atoms with van der Waals surface area (Å²) in [5, 5.41) is 2.78. The Balaban J connectivity index is 1.95. The molecule has 1 unspecified atom stereocenters. The molecule has 0 radical (unpaired) electrons. The van der Waals surface area contributed by atoms with E-state index in [0.29, 0.717) is 37.2 Å². The van der Waals surface area contributed by atoms with Gasteiger partial charge in [0.15, 0.2) is 0 Å². The fraction of sp³-hybridized carbons (Fsp3) is 0.529. The number of carbonyl (C=O) groups excluding carboxylic acids is 2. The maximum absolute atomic E-state index is 12.4. The molecule has 1 fully saturated rings. The number of esters is 1. The van der Waals surface area contributed by atoms with E-state index < -0.39 is 16.0 Å². The van der Waals surface area contributed by atoms with Crippen molar-refractivity contribution in [3.8, 4) is 0 Å². The zero-order chi connectivity index (χ0) is 18.4. The van der Waals surface area contributed by atoms with Gasteiger partial charge in [-0.15, -0.1) is 0 Å². The number of sulfonamides is 1. The number of hydrogen-bond donors (Lipinski definition) is 1. The lowest BCUT2D eigenvalue weighted by Gasteiger charge is -2.30. The van der Waals surface area contributed by atoms with E-state index in [2.05, 4.69) is 5.32 Å². The lowest BCUT2D eigenvalue weighted by atomic mass is 9.98. The molecule has 1 amide bonds. The fourth-order valence-corrected chi connectivity index (χ4v) is 3.58. The van der Waals surface area contributed by atoms with Crippen molar-refractivity contribution in [3.05, 3.63) is 29.8 Å². The van der Waals surface area contributed by atoms with Gasteiger partial charge in [0.1, 0.15) is 0 Å². The van der Waals surface area contributed by atoms with Gasteiger partial charge in [-0.2, -0.15) is 0 Å². The Morgan fingerprint density at radius 2 is 1.96 bits per heavy atom. The van der Waals surface area contributed by atoms with Gasteiger partial charge in [-0.3, -0.25) is 4.79 Å². The largest absolute Gasteiger partial charge is 0.462 e. The molecule has 1 aliphatic rings. The summed E-state index contributed by atoms with van der Waals surface area (Å²) in [6.45, 7) is 2.95. The molecule has 0 aliphatic carbocycles. The van der Waals surface area contributed by atoms with Gasteiger partial charge >= 0.3 is 5.97 Å². The molecule has 25 heavy (non-hydrogen) atoms. The maximum atomic E-state index is 12.4. The molecule has 0 aromatic heterocycles. The van der Waals surface area contributed by atoms with Crippen molar-refractivity contribution in [2.45, 2.75) is 26.2 Å². The summed E-state index contributed by atoms with van der Waals surface area (Å²) in [7, 11) is -3.29. The number of anilines is 1. The van der Waals surface area contributed by atoms with Crippen LogP contribution in [0.5, 0.6) is 0 Å². The highest BCUT2D eigenvalue weighted by Crippen LogP contribution is 2.21. The van der Waals surface area contributed by atoms with Crippen molar-refractivity contribution < 1.29 is 22.7 Å². The lowest BCUT2D eigenvalue weighted by molar-refractivity contribution is -0.120. The number of ether oxygens (including phenoxy) is 1. The van der Waals surface area contributed by atoms with Crippen LogP contribution in [0.25, 0.3) is 0 Å². The van der Waals surface area contributed by atoms with Crippen molar-refractivity contribution in [2.24, 2.45) is 5.92 Å². The summed E-state index contributed by atoms with van der Waals surface area (Å²) in [6.07, 6.45) is 3.22. The van der Waals surface area contributed by atoms with E-state index in [9.17, 15) is 18.0 Å². The van der Waals surface area contributed by atoms with Crippen LogP contribution in [0.2, 0.25) is 0 Å². The van der Waals surface area contributed by atoms with Crippen LogP contribution in [0.4, 0.5) is 5.69 Å². The van der Waals surface area contributed by atoms with Crippen LogP contribution < -0.4 is 5.32 Å². The summed E-state index contributed by atoms with van der Waals surface area (Å²) >= 11 is 0. The molecule has 1 atom stereocenters. The summed E-state index contributed by atoms with van der Waals surface area (Å²) in [5.74, 6) is -0.983. The van der Waals surface area contributed by atoms with E-state index in [1.807, 2.05) is 6.92 Å². The Labute approximate surface area is 148 Å². The van der Waals surface area contributed by atoms with Gasteiger partial charge in [-0.1, -0.05) is 6.92 Å². The van der Waals surface area contributed by atoms with Crippen LogP contribution in [0.3, 0.4) is 0 Å². The number of nitrogens with zero attached hydrogens (tertiary/aromatic N) is 1. The second-order valence-corrected chi connectivity index (χ2v) is 8.15. The van der Waals surface area contributed by atoms with E-state index in [0.717, 1.165) is 12.7 Å². The molecule has 1 heterocycles. The average Bonchev–Trinajstić information content (AvgIpc) is 2.59. The highest BCUT2D eigenvalue weighted by molar-refractivity contribution is 7.88. The highest BCUT2D eigenvalue weighted by Gasteiger charge is 2.30. The number of amides is 1. The molecule has 2 rings (SSSR count). The predicted octanol–water partition coefficient (Wildman–Crippen LogP) is 1.86. The monoisotopic (exact) mass is 368 g/mol. The molecule has 0 spiro atoms. The van der Waals surface area contributed by atoms with E-state index in [1.165, 1.54) is 4.31 Å². The smallest absolute Gasteiger partial charge is 0.338 e. The summed E-state index contributed by atoms with van der Waals surface area (Å²) in [4.78, 5) is 24.1. The molecule has 1 aromatic carbocycles. The summed E-state index contributed by atoms with van der Waals surface area (Å²) in [5.41, 5.74) is 0.987. The molecule has 0 saturated carbocycles. The average molecular weight is 368 g/mol. The second-order valence-electron chi connectivity index (χ2n) is 6.16. The molecule has 0 bridgehead atoms. The lowest BCUT2D eigenvalue weighted by Crippen LogP contribution is -2.43. The molecular weight excluding hydrogens is 344 g/mol. The van der Waals surface area contributed by atoms with Gasteiger partial charge in [0.2, 0.25) is 15.9 Å². The number of nitrogens with one attached hydrogen (secondary N) is 1. The first-order valence-electron chi connectivity index (χ1n) is 8.34. The van der Waals surface area contributed by atoms with Gasteiger partial charge in [0.25, 0.3) is 0 Å². The number of benzene rings is 1. The first-order valence-corrected chi connectivity index (χ1v) is 10.2. The Morgan fingerprint density at radius 3 is 2.56 bits per heavy atom. The predicted molar refractivity (Wildman–Crippen MR) is 94.8 cm³/mol. The fourth-order valence-electron chi connectivity index (χ4n) is 2.67. The van der Waals surface area contributed by atoms with E-state index >= 15 is 0 Å². The van der Waals surface area contributed by atoms with Crippen LogP contribution in [0.1, 0.15) is 36.5 Å². The van der Waals surface area contributed by atoms with Crippen molar-refractivity contribution in [3.63, 3.8) is 0 Å². The normalized spacial score (nSPS) is 18.6. The molecule has 8 heteroatoms. The Morgan fingerprint density at radius 1 is 1.28 bits per heavy atom. The molecule has 1 N–H and O–H groups in total. The number of rotatable bonds is 6. The maximum Gasteiger partial charge on any atom is 0.338 e. The zero-order valence-corrected chi connectivity index (χ0v) is 15.3. The van der Waals surface area contributed by atoms with Gasteiger partial charge < -0.3 is 10.1 Å². The standard InChI is InChI=1S/C17H24N2O5S/c1-3-11-24-17(21)13-6-8-15(9-7-13)18-16(20)14-5-4-10-19(12-14)25(2,22)23/h6-9,14H,3-5,10-12H2,1-2H3,(H,18,20). The number of piperidine rings is 1. The Hall–Kier alpha value is -1.93. The minimum atomic E-state index is -3.29. The number of hydrogen-bond acceptors (Lipinski definition) is 5. The zero-order valence-electron chi connectivity index (χ0n) is 14.5. The second kappa shape index (κ2) is 8.44. The van der Waals surface area contributed by atoms with Crippen LogP contribution >= 0.6 is 0 Å². The van der Waals surface area contributed by atoms with Gasteiger partial charge in [-0.05, 0) is 43.5 Å². The van der Waals surface area contributed by atoms with Gasteiger partial charge in [0.05, 0.1) is 24.3 Å². The molecule has 1 saturated heterocycles. The summed E-state index contributed by atoms with van der Waals surface area (Å²) < 4.78 is 29.7. The van der Waals surface area contributed by atoms with E-state index in [4.69, 9.17) is 4.74 Å². The van der Waals surface area contributed by atoms with Gasteiger partial charge in [-0.25, -0.2) is 17.5 Å². The van der Waals surface area contributed by atoms with Crippen LogP contribution in [0.15, 0.2) is 24.3 Å². The van der Waals surface area contributed by atoms with Crippen molar-refractivity contribution in [2.75, 3.05) is 31.3 Å². The van der Waals surface area contributed by atoms with Crippen LogP contribution in [0, 0.1) is 5.92 Å². The summed E-state index contributed by atoms with van der Waals surface area (Å²) in [6, 6.07) is 6.46. The topological polar surface area (TPSA) is 92.8 Å². The van der Waals surface area contributed by atoms with E-state index in [-0.39, 0.29) is 18.4 Å². The molecule has 1 aliphatic heterocycles. The van der Waals surface area contributed by atoms with Crippen LogP contribution in [-0.2, 0) is 19.6 Å². The van der Waals surface area contributed by atoms with Gasteiger partial charge in [0, 0.05) is 18.8 Å². The van der Waals surface area contributed by atoms with Crippen molar-refractivity contribution >= 4 is 27.6 Å². The van der Waals surface area contributed by atoms with Crippen LogP contribution in [-0.4, -0.2) is 50.6 Å². The molecule has 138 valence electrons. The number of carbonyl (C=O) groups is 2. The van der Waals surface area contributed by atoms with Crippen molar-refractivity contribution in [1.82, 2.24) is 4.31 Å². The molecule has 1 aromatic rings.